The molecule has 0 aliphatic heterocycles. The molecular weight excluding hydrogens is 360 g/mol. The number of ether oxygens (including phenoxy) is 1. The maximum absolute atomic E-state index is 5.49. The molecule has 0 heterocycles. The van der Waals surface area contributed by atoms with E-state index in [4.69, 9.17) is 17.0 Å². The SMILES string of the molecule is COc1ccc(Br)cc1CN(C)C(=S)Nc1ccccc1C. The van der Waals surface area contributed by atoms with Gasteiger partial charge in [0.15, 0.2) is 5.11 Å². The van der Waals surface area contributed by atoms with Gasteiger partial charge in [-0.05, 0) is 49.0 Å². The van der Waals surface area contributed by atoms with E-state index < -0.39 is 0 Å². The van der Waals surface area contributed by atoms with E-state index in [2.05, 4.69) is 34.2 Å². The van der Waals surface area contributed by atoms with E-state index in [0.29, 0.717) is 11.7 Å². The van der Waals surface area contributed by atoms with Crippen LogP contribution in [-0.4, -0.2) is 24.2 Å². The molecule has 0 saturated heterocycles. The highest BCUT2D eigenvalue weighted by atomic mass is 79.9. The van der Waals surface area contributed by atoms with Gasteiger partial charge in [0.25, 0.3) is 0 Å². The smallest absolute Gasteiger partial charge is 0.173 e. The lowest BCUT2D eigenvalue weighted by molar-refractivity contribution is 0.399. The van der Waals surface area contributed by atoms with Crippen LogP contribution in [0.3, 0.4) is 0 Å². The van der Waals surface area contributed by atoms with Gasteiger partial charge >= 0.3 is 0 Å². The first kappa shape index (κ1) is 16.8. The Morgan fingerprint density at radius 3 is 2.68 bits per heavy atom. The minimum absolute atomic E-state index is 0.667. The van der Waals surface area contributed by atoms with E-state index in [9.17, 15) is 0 Å². The average molecular weight is 379 g/mol. The molecule has 1 N–H and O–H groups in total. The van der Waals surface area contributed by atoms with Crippen molar-refractivity contribution >= 4 is 38.9 Å². The van der Waals surface area contributed by atoms with Crippen LogP contribution < -0.4 is 10.1 Å². The first-order chi connectivity index (χ1) is 10.5. The van der Waals surface area contributed by atoms with Crippen molar-refractivity contribution in [1.29, 1.82) is 0 Å². The summed E-state index contributed by atoms with van der Waals surface area (Å²) in [4.78, 5) is 1.99. The molecule has 3 nitrogen and oxygen atoms in total. The van der Waals surface area contributed by atoms with Crippen molar-refractivity contribution in [2.45, 2.75) is 13.5 Å². The number of rotatable bonds is 4. The number of hydrogen-bond donors (Lipinski definition) is 1. The summed E-state index contributed by atoms with van der Waals surface area (Å²) in [5.41, 5.74) is 3.27. The standard InChI is InChI=1S/C17H19BrN2OS/c1-12-6-4-5-7-15(12)19-17(22)20(2)11-13-10-14(18)8-9-16(13)21-3/h4-10H,11H2,1-3H3,(H,19,22). The van der Waals surface area contributed by atoms with Crippen molar-refractivity contribution in [3.05, 3.63) is 58.1 Å². The van der Waals surface area contributed by atoms with Crippen LogP contribution in [0.2, 0.25) is 0 Å². The predicted molar refractivity (Wildman–Crippen MR) is 99.6 cm³/mol. The van der Waals surface area contributed by atoms with Crippen molar-refractivity contribution in [2.75, 3.05) is 19.5 Å². The Balaban J connectivity index is 2.09. The Kier molecular flexibility index (Phi) is 5.80. The number of thiocarbonyl (C=S) groups is 1. The molecule has 2 aromatic carbocycles. The van der Waals surface area contributed by atoms with E-state index in [0.717, 1.165) is 21.5 Å². The molecule has 0 saturated carbocycles. The summed E-state index contributed by atoms with van der Waals surface area (Å²) in [5, 5.41) is 3.96. The number of para-hydroxylation sites is 1. The minimum Gasteiger partial charge on any atom is -0.496 e. The van der Waals surface area contributed by atoms with E-state index >= 15 is 0 Å². The molecule has 0 fully saturated rings. The van der Waals surface area contributed by atoms with Gasteiger partial charge in [-0.15, -0.1) is 0 Å². The quantitative estimate of drug-likeness (QED) is 0.785. The predicted octanol–water partition coefficient (Wildman–Crippen LogP) is 4.59. The summed E-state index contributed by atoms with van der Waals surface area (Å²) in [6.07, 6.45) is 0. The van der Waals surface area contributed by atoms with Gasteiger partial charge in [0.2, 0.25) is 0 Å². The van der Waals surface area contributed by atoms with E-state index in [1.165, 1.54) is 5.56 Å². The second kappa shape index (κ2) is 7.61. The van der Waals surface area contributed by atoms with Gasteiger partial charge in [0, 0.05) is 29.3 Å². The largest absolute Gasteiger partial charge is 0.496 e. The van der Waals surface area contributed by atoms with Gasteiger partial charge in [-0.3, -0.25) is 0 Å². The second-order valence-corrected chi connectivity index (χ2v) is 6.36. The molecule has 0 aromatic heterocycles. The highest BCUT2D eigenvalue weighted by Gasteiger charge is 2.10. The number of benzene rings is 2. The molecule has 0 bridgehead atoms. The Hall–Kier alpha value is -1.59. The minimum atomic E-state index is 0.667. The summed E-state index contributed by atoms with van der Waals surface area (Å²) in [5.74, 6) is 0.855. The Labute approximate surface area is 145 Å². The van der Waals surface area contributed by atoms with Gasteiger partial charge in [-0.1, -0.05) is 34.1 Å². The lowest BCUT2D eigenvalue weighted by Gasteiger charge is -2.23. The number of nitrogens with one attached hydrogen (secondary N) is 1. The Morgan fingerprint density at radius 2 is 2.00 bits per heavy atom. The van der Waals surface area contributed by atoms with Crippen LogP contribution in [0.15, 0.2) is 46.9 Å². The third kappa shape index (κ3) is 4.21. The van der Waals surface area contributed by atoms with Gasteiger partial charge in [0.1, 0.15) is 5.75 Å². The third-order valence-corrected chi connectivity index (χ3v) is 4.29. The zero-order valence-corrected chi connectivity index (χ0v) is 15.3. The lowest BCUT2D eigenvalue weighted by atomic mass is 10.2. The van der Waals surface area contributed by atoms with Gasteiger partial charge in [0.05, 0.1) is 7.11 Å². The topological polar surface area (TPSA) is 24.5 Å². The maximum atomic E-state index is 5.49. The molecule has 116 valence electrons. The van der Waals surface area contributed by atoms with Crippen LogP contribution in [0.25, 0.3) is 0 Å². The monoisotopic (exact) mass is 378 g/mol. The zero-order valence-electron chi connectivity index (χ0n) is 12.9. The molecule has 5 heteroatoms. The second-order valence-electron chi connectivity index (χ2n) is 5.06. The van der Waals surface area contributed by atoms with Crippen molar-refractivity contribution < 1.29 is 4.74 Å². The summed E-state index contributed by atoms with van der Waals surface area (Å²) in [6.45, 7) is 2.72. The van der Waals surface area contributed by atoms with E-state index in [1.807, 2.05) is 48.3 Å². The zero-order chi connectivity index (χ0) is 16.1. The van der Waals surface area contributed by atoms with Crippen molar-refractivity contribution in [3.63, 3.8) is 0 Å². The molecular formula is C17H19BrN2OS. The van der Waals surface area contributed by atoms with Gasteiger partial charge in [-0.25, -0.2) is 0 Å². The van der Waals surface area contributed by atoms with Crippen LogP contribution in [0.5, 0.6) is 5.75 Å². The highest BCUT2D eigenvalue weighted by Crippen LogP contribution is 2.24. The third-order valence-electron chi connectivity index (χ3n) is 3.38. The van der Waals surface area contributed by atoms with Crippen LogP contribution in [0.1, 0.15) is 11.1 Å². The summed E-state index contributed by atoms with van der Waals surface area (Å²) in [6, 6.07) is 14.1. The number of anilines is 1. The lowest BCUT2D eigenvalue weighted by Crippen LogP contribution is -2.31. The molecule has 22 heavy (non-hydrogen) atoms. The van der Waals surface area contributed by atoms with E-state index in [-0.39, 0.29) is 0 Å². The fourth-order valence-electron chi connectivity index (χ4n) is 2.12. The van der Waals surface area contributed by atoms with Crippen LogP contribution in [0, 0.1) is 6.92 Å². The van der Waals surface area contributed by atoms with Gasteiger partial charge < -0.3 is 15.0 Å². The van der Waals surface area contributed by atoms with Crippen molar-refractivity contribution in [3.8, 4) is 5.75 Å². The average Bonchev–Trinajstić information content (AvgIpc) is 2.49. The fraction of sp³-hybridized carbons (Fsp3) is 0.235. The normalized spacial score (nSPS) is 10.2. The Bertz CT molecular complexity index is 675. The molecule has 2 aromatic rings. The molecule has 0 aliphatic rings. The fourth-order valence-corrected chi connectivity index (χ4v) is 2.70. The number of aryl methyl sites for hydroxylation is 1. The Morgan fingerprint density at radius 1 is 1.27 bits per heavy atom. The van der Waals surface area contributed by atoms with Crippen molar-refractivity contribution in [2.24, 2.45) is 0 Å². The molecule has 0 unspecified atom stereocenters. The van der Waals surface area contributed by atoms with Crippen molar-refractivity contribution in [1.82, 2.24) is 4.90 Å². The summed E-state index contributed by atoms with van der Waals surface area (Å²) in [7, 11) is 3.64. The van der Waals surface area contributed by atoms with Crippen LogP contribution >= 0.6 is 28.1 Å². The van der Waals surface area contributed by atoms with Crippen LogP contribution in [-0.2, 0) is 6.54 Å². The van der Waals surface area contributed by atoms with Gasteiger partial charge in [-0.2, -0.15) is 0 Å². The number of hydrogen-bond acceptors (Lipinski definition) is 2. The molecule has 2 rings (SSSR count). The molecule has 0 atom stereocenters. The molecule has 0 amide bonds. The summed E-state index contributed by atoms with van der Waals surface area (Å²) < 4.78 is 6.43. The van der Waals surface area contributed by atoms with Crippen LogP contribution in [0.4, 0.5) is 5.69 Å². The summed E-state index contributed by atoms with van der Waals surface area (Å²) >= 11 is 8.99. The molecule has 0 radical (unpaired) electrons. The first-order valence-electron chi connectivity index (χ1n) is 6.91. The number of nitrogens with zero attached hydrogens (tertiary/aromatic N) is 1. The number of halogens is 1. The maximum Gasteiger partial charge on any atom is 0.173 e. The molecule has 0 spiro atoms. The first-order valence-corrected chi connectivity index (χ1v) is 8.11. The molecule has 0 aliphatic carbocycles. The number of methoxy groups -OCH3 is 1. The highest BCUT2D eigenvalue weighted by molar-refractivity contribution is 9.10. The van der Waals surface area contributed by atoms with E-state index in [1.54, 1.807) is 7.11 Å².